The van der Waals surface area contributed by atoms with Crippen LogP contribution in [0.5, 0.6) is 5.75 Å². The van der Waals surface area contributed by atoms with Gasteiger partial charge in [0.15, 0.2) is 6.10 Å². The van der Waals surface area contributed by atoms with Crippen molar-refractivity contribution in [2.75, 3.05) is 0 Å². The van der Waals surface area contributed by atoms with E-state index in [4.69, 9.17) is 22.1 Å². The maximum absolute atomic E-state index is 11.2. The summed E-state index contributed by atoms with van der Waals surface area (Å²) in [5.74, 6) is -0.251. The van der Waals surface area contributed by atoms with Gasteiger partial charge in [-0.15, -0.1) is 0 Å². The Morgan fingerprint density at radius 2 is 2.25 bits per heavy atom. The molecule has 16 heavy (non-hydrogen) atoms. The van der Waals surface area contributed by atoms with E-state index in [1.807, 2.05) is 5.32 Å². The second-order valence-electron chi connectivity index (χ2n) is 2.93. The van der Waals surface area contributed by atoms with Crippen LogP contribution >= 0.6 is 11.6 Å². The quantitative estimate of drug-likeness (QED) is 0.764. The van der Waals surface area contributed by atoms with Crippen LogP contribution < -0.4 is 15.8 Å². The molecule has 1 rings (SSSR count). The van der Waals surface area contributed by atoms with Crippen LogP contribution in [0, 0.1) is 0 Å². The van der Waals surface area contributed by atoms with Crippen LogP contribution in [-0.2, 0) is 4.79 Å². The Balaban J connectivity index is 2.57. The van der Waals surface area contributed by atoms with Crippen LogP contribution in [0.25, 0.3) is 0 Å². The Kier molecular flexibility index (Phi) is 4.07. The molecular formula is C9H10ClN3O3. The van der Waals surface area contributed by atoms with Crippen molar-refractivity contribution in [3.05, 3.63) is 23.5 Å². The van der Waals surface area contributed by atoms with E-state index >= 15 is 0 Å². The molecule has 0 bridgehead atoms. The highest BCUT2D eigenvalue weighted by molar-refractivity contribution is 6.29. The maximum atomic E-state index is 11.2. The third-order valence-corrected chi connectivity index (χ3v) is 1.85. The first-order chi connectivity index (χ1) is 7.49. The summed E-state index contributed by atoms with van der Waals surface area (Å²) in [6.07, 6.45) is 0.520. The molecule has 0 radical (unpaired) electrons. The van der Waals surface area contributed by atoms with Crippen molar-refractivity contribution in [1.82, 2.24) is 10.3 Å². The lowest BCUT2D eigenvalue weighted by Gasteiger charge is -2.12. The summed E-state index contributed by atoms with van der Waals surface area (Å²) in [5, 5.41) is 2.22. The molecule has 3 amide bonds. The highest BCUT2D eigenvalue weighted by Crippen LogP contribution is 2.13. The first-order valence-corrected chi connectivity index (χ1v) is 4.75. The fourth-order valence-corrected chi connectivity index (χ4v) is 1.02. The highest BCUT2D eigenvalue weighted by Gasteiger charge is 2.15. The van der Waals surface area contributed by atoms with E-state index in [0.717, 1.165) is 0 Å². The molecule has 0 aromatic carbocycles. The van der Waals surface area contributed by atoms with Crippen LogP contribution in [0.15, 0.2) is 18.3 Å². The second-order valence-corrected chi connectivity index (χ2v) is 3.32. The van der Waals surface area contributed by atoms with Gasteiger partial charge in [-0.2, -0.15) is 0 Å². The number of primary amides is 1. The fourth-order valence-electron chi connectivity index (χ4n) is 0.913. The van der Waals surface area contributed by atoms with E-state index in [9.17, 15) is 9.59 Å². The Labute approximate surface area is 96.7 Å². The van der Waals surface area contributed by atoms with E-state index in [2.05, 4.69) is 4.98 Å². The number of rotatable bonds is 3. The summed E-state index contributed by atoms with van der Waals surface area (Å²) in [6.45, 7) is 1.48. The van der Waals surface area contributed by atoms with Gasteiger partial charge in [0.2, 0.25) is 0 Å². The summed E-state index contributed by atoms with van der Waals surface area (Å²) in [7, 11) is 0. The van der Waals surface area contributed by atoms with Gasteiger partial charge in [-0.05, 0) is 19.1 Å². The fraction of sp³-hybridized carbons (Fsp3) is 0.222. The van der Waals surface area contributed by atoms with Crippen LogP contribution in [0.2, 0.25) is 5.15 Å². The van der Waals surface area contributed by atoms with Gasteiger partial charge in [-0.25, -0.2) is 9.78 Å². The van der Waals surface area contributed by atoms with Crippen LogP contribution in [0.1, 0.15) is 6.92 Å². The number of nitrogens with two attached hydrogens (primary N) is 1. The second kappa shape index (κ2) is 5.32. The molecule has 0 aliphatic heterocycles. The standard InChI is InChI=1S/C9H10ClN3O3/c1-5(8(14)13-9(11)15)16-6-2-3-7(10)12-4-6/h2-5H,1H3,(H3,11,13,14,15). The molecule has 3 N–H and O–H groups in total. The normalized spacial score (nSPS) is 11.6. The number of ether oxygens (including phenoxy) is 1. The van der Waals surface area contributed by atoms with Gasteiger partial charge in [0, 0.05) is 0 Å². The minimum atomic E-state index is -0.922. The lowest BCUT2D eigenvalue weighted by molar-refractivity contribution is -0.126. The largest absolute Gasteiger partial charge is 0.479 e. The summed E-state index contributed by atoms with van der Waals surface area (Å²) in [4.78, 5) is 25.4. The zero-order chi connectivity index (χ0) is 12.1. The Bertz CT molecular complexity index is 393. The van der Waals surface area contributed by atoms with Crippen LogP contribution in [0.3, 0.4) is 0 Å². The Morgan fingerprint density at radius 3 is 2.75 bits per heavy atom. The van der Waals surface area contributed by atoms with Gasteiger partial charge >= 0.3 is 6.03 Å². The third kappa shape index (κ3) is 3.74. The molecule has 0 spiro atoms. The molecule has 86 valence electrons. The molecule has 0 aliphatic carbocycles. The average Bonchev–Trinajstić information content (AvgIpc) is 2.20. The molecule has 0 saturated heterocycles. The number of nitrogens with zero attached hydrogens (tertiary/aromatic N) is 1. The molecule has 0 fully saturated rings. The van der Waals surface area contributed by atoms with Gasteiger partial charge in [0.05, 0.1) is 6.20 Å². The number of pyridine rings is 1. The molecule has 0 saturated carbocycles. The van der Waals surface area contributed by atoms with E-state index in [1.54, 1.807) is 6.07 Å². The van der Waals surface area contributed by atoms with E-state index in [0.29, 0.717) is 10.9 Å². The number of nitrogens with one attached hydrogen (secondary N) is 1. The topological polar surface area (TPSA) is 94.3 Å². The van der Waals surface area contributed by atoms with Gasteiger partial charge in [0.25, 0.3) is 5.91 Å². The molecule has 7 heteroatoms. The summed E-state index contributed by atoms with van der Waals surface area (Å²) < 4.78 is 5.19. The number of hydrogen-bond donors (Lipinski definition) is 2. The molecule has 1 aromatic rings. The SMILES string of the molecule is CC(Oc1ccc(Cl)nc1)C(=O)NC(N)=O. The van der Waals surface area contributed by atoms with Gasteiger partial charge < -0.3 is 10.5 Å². The number of urea groups is 1. The van der Waals surface area contributed by atoms with Crippen LogP contribution in [0.4, 0.5) is 4.79 Å². The minimum absolute atomic E-state index is 0.321. The summed E-state index contributed by atoms with van der Waals surface area (Å²) >= 11 is 5.57. The van der Waals surface area contributed by atoms with Gasteiger partial charge in [-0.3, -0.25) is 10.1 Å². The summed E-state index contributed by atoms with van der Waals surface area (Å²) in [5.41, 5.74) is 4.79. The monoisotopic (exact) mass is 243 g/mol. The lowest BCUT2D eigenvalue weighted by Crippen LogP contribution is -2.42. The number of amides is 3. The zero-order valence-corrected chi connectivity index (χ0v) is 9.19. The van der Waals surface area contributed by atoms with Crippen molar-refractivity contribution < 1.29 is 14.3 Å². The molecular weight excluding hydrogens is 234 g/mol. The van der Waals surface area contributed by atoms with Crippen molar-refractivity contribution in [2.45, 2.75) is 13.0 Å². The molecule has 6 nitrogen and oxygen atoms in total. The first kappa shape index (κ1) is 12.3. The van der Waals surface area contributed by atoms with Gasteiger partial charge in [0.1, 0.15) is 10.9 Å². The molecule has 1 aromatic heterocycles. The van der Waals surface area contributed by atoms with Crippen molar-refractivity contribution in [1.29, 1.82) is 0 Å². The number of halogens is 1. The van der Waals surface area contributed by atoms with E-state index in [-0.39, 0.29) is 0 Å². The number of carbonyl (C=O) groups excluding carboxylic acids is 2. The number of hydrogen-bond acceptors (Lipinski definition) is 4. The first-order valence-electron chi connectivity index (χ1n) is 4.37. The maximum Gasteiger partial charge on any atom is 0.318 e. The Morgan fingerprint density at radius 1 is 1.56 bits per heavy atom. The predicted octanol–water partition coefficient (Wildman–Crippen LogP) is 0.697. The van der Waals surface area contributed by atoms with Gasteiger partial charge in [-0.1, -0.05) is 11.6 Å². The smallest absolute Gasteiger partial charge is 0.318 e. The van der Waals surface area contributed by atoms with Crippen molar-refractivity contribution in [3.63, 3.8) is 0 Å². The number of carbonyl (C=O) groups is 2. The predicted molar refractivity (Wildman–Crippen MR) is 57.1 cm³/mol. The van der Waals surface area contributed by atoms with Crippen molar-refractivity contribution in [2.24, 2.45) is 5.73 Å². The lowest BCUT2D eigenvalue weighted by atomic mass is 10.3. The number of aromatic nitrogens is 1. The Hall–Kier alpha value is -1.82. The molecule has 1 heterocycles. The molecule has 0 aliphatic rings. The zero-order valence-electron chi connectivity index (χ0n) is 8.44. The average molecular weight is 244 g/mol. The number of imide groups is 1. The molecule has 1 unspecified atom stereocenters. The molecule has 1 atom stereocenters. The summed E-state index contributed by atoms with van der Waals surface area (Å²) in [6, 6.07) is 2.16. The van der Waals surface area contributed by atoms with E-state index < -0.39 is 18.0 Å². The van der Waals surface area contributed by atoms with Crippen LogP contribution in [-0.4, -0.2) is 23.0 Å². The third-order valence-electron chi connectivity index (χ3n) is 1.63. The van der Waals surface area contributed by atoms with E-state index in [1.165, 1.54) is 19.2 Å². The van der Waals surface area contributed by atoms with Crippen molar-refractivity contribution in [3.8, 4) is 5.75 Å². The highest BCUT2D eigenvalue weighted by atomic mass is 35.5. The minimum Gasteiger partial charge on any atom is -0.479 e. The van der Waals surface area contributed by atoms with Crippen molar-refractivity contribution >= 4 is 23.5 Å².